The third-order valence-electron chi connectivity index (χ3n) is 2.79. The average molecular weight is 311 g/mol. The molecule has 2 aromatic rings. The highest BCUT2D eigenvalue weighted by molar-refractivity contribution is 7.89. The quantitative estimate of drug-likeness (QED) is 0.620. The van der Waals surface area contributed by atoms with E-state index in [0.29, 0.717) is 5.56 Å². The number of rotatable bonds is 6. The molecule has 2 N–H and O–H groups in total. The van der Waals surface area contributed by atoms with Crippen LogP contribution in [0.4, 0.5) is 11.4 Å². The highest BCUT2D eigenvalue weighted by Crippen LogP contribution is 2.31. The van der Waals surface area contributed by atoms with E-state index < -0.39 is 20.6 Å². The Kier molecular flexibility index (Phi) is 4.24. The number of para-hydroxylation sites is 1. The van der Waals surface area contributed by atoms with E-state index in [9.17, 15) is 18.5 Å². The van der Waals surface area contributed by atoms with Gasteiger partial charge in [0.15, 0.2) is 4.90 Å². The molecular formula is C12H13N3O5S. The molecule has 2 rings (SSSR count). The van der Waals surface area contributed by atoms with Gasteiger partial charge in [0, 0.05) is 19.2 Å². The molecule has 21 heavy (non-hydrogen) atoms. The number of furan rings is 1. The smallest absolute Gasteiger partial charge is 0.312 e. The second kappa shape index (κ2) is 5.94. The monoisotopic (exact) mass is 311 g/mol. The lowest BCUT2D eigenvalue weighted by molar-refractivity contribution is -0.386. The van der Waals surface area contributed by atoms with Crippen LogP contribution < -0.4 is 10.0 Å². The van der Waals surface area contributed by atoms with Crippen molar-refractivity contribution in [3.05, 3.63) is 52.5 Å². The molecule has 0 spiro atoms. The Bertz CT molecular complexity index is 740. The fourth-order valence-corrected chi connectivity index (χ4v) is 2.99. The molecule has 0 unspecified atom stereocenters. The zero-order chi connectivity index (χ0) is 15.5. The Labute approximate surface area is 121 Å². The van der Waals surface area contributed by atoms with Gasteiger partial charge in [0.25, 0.3) is 0 Å². The lowest BCUT2D eigenvalue weighted by Gasteiger charge is -2.09. The van der Waals surface area contributed by atoms with E-state index in [1.54, 1.807) is 6.07 Å². The molecule has 112 valence electrons. The fraction of sp³-hybridized carbons (Fsp3) is 0.167. The molecular weight excluding hydrogens is 298 g/mol. The Morgan fingerprint density at radius 2 is 2.10 bits per heavy atom. The van der Waals surface area contributed by atoms with Crippen molar-refractivity contribution < 1.29 is 17.8 Å². The number of nitro groups is 1. The topological polar surface area (TPSA) is 114 Å². The van der Waals surface area contributed by atoms with Gasteiger partial charge in [-0.05, 0) is 18.2 Å². The number of nitrogens with one attached hydrogen (secondary N) is 2. The summed E-state index contributed by atoms with van der Waals surface area (Å²) in [4.78, 5) is 10.0. The van der Waals surface area contributed by atoms with Gasteiger partial charge in [-0.1, -0.05) is 6.07 Å². The minimum absolute atomic E-state index is 0.0141. The first-order valence-corrected chi connectivity index (χ1v) is 7.40. The molecule has 0 aliphatic carbocycles. The van der Waals surface area contributed by atoms with E-state index in [2.05, 4.69) is 10.0 Å². The minimum Gasteiger partial charge on any atom is -0.472 e. The van der Waals surface area contributed by atoms with E-state index in [0.717, 1.165) is 0 Å². The first kappa shape index (κ1) is 15.0. The van der Waals surface area contributed by atoms with Crippen molar-refractivity contribution in [3.63, 3.8) is 0 Å². The van der Waals surface area contributed by atoms with Gasteiger partial charge in [-0.25, -0.2) is 13.1 Å². The molecule has 0 amide bonds. The summed E-state index contributed by atoms with van der Waals surface area (Å²) in [5, 5.41) is 13.7. The largest absolute Gasteiger partial charge is 0.472 e. The highest BCUT2D eigenvalue weighted by Gasteiger charge is 2.28. The number of benzene rings is 1. The summed E-state index contributed by atoms with van der Waals surface area (Å²) in [5.74, 6) is 0. The van der Waals surface area contributed by atoms with Crippen LogP contribution in [0.5, 0.6) is 0 Å². The molecule has 1 heterocycles. The zero-order valence-electron chi connectivity index (χ0n) is 11.1. The number of anilines is 1. The SMILES string of the molecule is CNc1cccc(S(=O)(=O)NCc2ccoc2)c1[N+](=O)[O-]. The van der Waals surface area contributed by atoms with Crippen molar-refractivity contribution >= 4 is 21.4 Å². The zero-order valence-corrected chi connectivity index (χ0v) is 11.9. The van der Waals surface area contributed by atoms with Crippen LogP contribution in [0.25, 0.3) is 0 Å². The maximum absolute atomic E-state index is 12.2. The summed E-state index contributed by atoms with van der Waals surface area (Å²) in [7, 11) is -2.53. The van der Waals surface area contributed by atoms with E-state index in [1.807, 2.05) is 0 Å². The van der Waals surface area contributed by atoms with E-state index in [4.69, 9.17) is 4.42 Å². The molecule has 0 radical (unpaired) electrons. The van der Waals surface area contributed by atoms with Crippen molar-refractivity contribution in [1.82, 2.24) is 4.72 Å². The van der Waals surface area contributed by atoms with Crippen molar-refractivity contribution in [3.8, 4) is 0 Å². The van der Waals surface area contributed by atoms with Crippen LogP contribution in [0, 0.1) is 10.1 Å². The van der Waals surface area contributed by atoms with Gasteiger partial charge in [-0.3, -0.25) is 10.1 Å². The maximum atomic E-state index is 12.2. The van der Waals surface area contributed by atoms with Crippen LogP contribution in [0.1, 0.15) is 5.56 Å². The highest BCUT2D eigenvalue weighted by atomic mass is 32.2. The van der Waals surface area contributed by atoms with Crippen molar-refractivity contribution in [2.24, 2.45) is 0 Å². The predicted octanol–water partition coefficient (Wildman–Crippen LogP) is 1.71. The Morgan fingerprint density at radius 1 is 1.33 bits per heavy atom. The predicted molar refractivity (Wildman–Crippen MR) is 75.4 cm³/mol. The van der Waals surface area contributed by atoms with Gasteiger partial charge < -0.3 is 9.73 Å². The van der Waals surface area contributed by atoms with Crippen LogP contribution in [-0.2, 0) is 16.6 Å². The van der Waals surface area contributed by atoms with Gasteiger partial charge in [0.2, 0.25) is 10.0 Å². The van der Waals surface area contributed by atoms with E-state index >= 15 is 0 Å². The standard InChI is InChI=1S/C12H13N3O5S/c1-13-10-3-2-4-11(12(10)15(16)17)21(18,19)14-7-9-5-6-20-8-9/h2-6,8,13-14H,7H2,1H3. The lowest BCUT2D eigenvalue weighted by atomic mass is 10.3. The first-order chi connectivity index (χ1) is 9.95. The molecule has 0 aliphatic rings. The summed E-state index contributed by atoms with van der Waals surface area (Å²) in [6.07, 6.45) is 2.80. The molecule has 9 heteroatoms. The second-order valence-corrected chi connectivity index (χ2v) is 5.85. The van der Waals surface area contributed by atoms with Crippen LogP contribution in [0.2, 0.25) is 0 Å². The molecule has 0 aliphatic heterocycles. The number of sulfonamides is 1. The van der Waals surface area contributed by atoms with Crippen LogP contribution >= 0.6 is 0 Å². The third kappa shape index (κ3) is 3.20. The van der Waals surface area contributed by atoms with Crippen molar-refractivity contribution in [2.45, 2.75) is 11.4 Å². The van der Waals surface area contributed by atoms with E-state index in [1.165, 1.54) is 37.8 Å². The summed E-state index contributed by atoms with van der Waals surface area (Å²) >= 11 is 0. The molecule has 0 bridgehead atoms. The van der Waals surface area contributed by atoms with Gasteiger partial charge in [0.1, 0.15) is 5.69 Å². The van der Waals surface area contributed by atoms with E-state index in [-0.39, 0.29) is 17.1 Å². The summed E-state index contributed by atoms with van der Waals surface area (Å²) in [6, 6.07) is 5.66. The number of hydrogen-bond donors (Lipinski definition) is 2. The Balaban J connectivity index is 2.37. The molecule has 0 saturated carbocycles. The molecule has 0 fully saturated rings. The second-order valence-electron chi connectivity index (χ2n) is 4.12. The van der Waals surface area contributed by atoms with Crippen LogP contribution in [-0.4, -0.2) is 20.4 Å². The molecule has 0 atom stereocenters. The fourth-order valence-electron chi connectivity index (χ4n) is 1.78. The van der Waals surface area contributed by atoms with Crippen molar-refractivity contribution in [1.29, 1.82) is 0 Å². The number of nitrogens with zero attached hydrogens (tertiary/aromatic N) is 1. The lowest BCUT2D eigenvalue weighted by Crippen LogP contribution is -2.24. The molecule has 0 saturated heterocycles. The van der Waals surface area contributed by atoms with Crippen molar-refractivity contribution in [2.75, 3.05) is 12.4 Å². The first-order valence-electron chi connectivity index (χ1n) is 5.91. The Hall–Kier alpha value is -2.39. The average Bonchev–Trinajstić information content (AvgIpc) is 2.97. The van der Waals surface area contributed by atoms with Gasteiger partial charge >= 0.3 is 5.69 Å². The molecule has 8 nitrogen and oxygen atoms in total. The normalized spacial score (nSPS) is 11.3. The summed E-state index contributed by atoms with van der Waals surface area (Å²) in [6.45, 7) is -0.0141. The van der Waals surface area contributed by atoms with Gasteiger partial charge in [0.05, 0.1) is 17.4 Å². The van der Waals surface area contributed by atoms with Crippen LogP contribution in [0.15, 0.2) is 46.1 Å². The minimum atomic E-state index is -4.02. The maximum Gasteiger partial charge on any atom is 0.312 e. The number of hydrogen-bond acceptors (Lipinski definition) is 6. The Morgan fingerprint density at radius 3 is 2.67 bits per heavy atom. The van der Waals surface area contributed by atoms with Gasteiger partial charge in [-0.2, -0.15) is 0 Å². The van der Waals surface area contributed by atoms with Gasteiger partial charge in [-0.15, -0.1) is 0 Å². The molecule has 1 aromatic heterocycles. The molecule has 1 aromatic carbocycles. The summed E-state index contributed by atoms with van der Waals surface area (Å²) < 4.78 is 31.6. The summed E-state index contributed by atoms with van der Waals surface area (Å²) in [5.41, 5.74) is 0.261. The van der Waals surface area contributed by atoms with Crippen LogP contribution in [0.3, 0.4) is 0 Å². The third-order valence-corrected chi connectivity index (χ3v) is 4.22. The number of nitro benzene ring substituents is 1.